The molecule has 0 aliphatic carbocycles. The second-order valence-corrected chi connectivity index (χ2v) is 4.34. The molecule has 0 bridgehead atoms. The minimum atomic E-state index is -1.04. The first kappa shape index (κ1) is 13.3. The molecule has 0 aliphatic heterocycles. The Morgan fingerprint density at radius 2 is 2.16 bits per heavy atom. The number of nitrogens with zero attached hydrogens (tertiary/aromatic N) is 5. The SMILES string of the molecule is CCCc1c(C(=O)O)nnn1-c1cn(C)nc1CC. The number of hydrogen-bond acceptors (Lipinski definition) is 4. The average Bonchev–Trinajstić information content (AvgIpc) is 2.92. The van der Waals surface area contributed by atoms with Gasteiger partial charge in [0.1, 0.15) is 5.69 Å². The molecule has 7 nitrogen and oxygen atoms in total. The zero-order chi connectivity index (χ0) is 14.0. The molecule has 0 saturated carbocycles. The van der Waals surface area contributed by atoms with Crippen molar-refractivity contribution >= 4 is 5.97 Å². The smallest absolute Gasteiger partial charge is 0.358 e. The molecular formula is C12H17N5O2. The second-order valence-electron chi connectivity index (χ2n) is 4.34. The van der Waals surface area contributed by atoms with Crippen molar-refractivity contribution in [2.45, 2.75) is 33.1 Å². The van der Waals surface area contributed by atoms with E-state index in [0.29, 0.717) is 12.1 Å². The van der Waals surface area contributed by atoms with Crippen LogP contribution >= 0.6 is 0 Å². The number of aryl methyl sites for hydroxylation is 2. The fraction of sp³-hybridized carbons (Fsp3) is 0.500. The lowest BCUT2D eigenvalue weighted by Crippen LogP contribution is -2.07. The van der Waals surface area contributed by atoms with Crippen molar-refractivity contribution in [1.82, 2.24) is 24.8 Å². The third-order valence-electron chi connectivity index (χ3n) is 2.90. The van der Waals surface area contributed by atoms with Crippen LogP contribution < -0.4 is 0 Å². The first-order valence-electron chi connectivity index (χ1n) is 6.29. The van der Waals surface area contributed by atoms with Crippen LogP contribution in [0.15, 0.2) is 6.20 Å². The monoisotopic (exact) mass is 263 g/mol. The van der Waals surface area contributed by atoms with E-state index in [-0.39, 0.29) is 5.69 Å². The summed E-state index contributed by atoms with van der Waals surface area (Å²) in [5.41, 5.74) is 2.32. The van der Waals surface area contributed by atoms with Gasteiger partial charge in [-0.1, -0.05) is 25.5 Å². The van der Waals surface area contributed by atoms with Gasteiger partial charge in [0.15, 0.2) is 5.69 Å². The first-order chi connectivity index (χ1) is 9.08. The summed E-state index contributed by atoms with van der Waals surface area (Å²) >= 11 is 0. The lowest BCUT2D eigenvalue weighted by molar-refractivity contribution is 0.0689. The molecule has 0 fully saturated rings. The van der Waals surface area contributed by atoms with Gasteiger partial charge in [-0.2, -0.15) is 5.10 Å². The molecular weight excluding hydrogens is 246 g/mol. The molecule has 2 rings (SSSR count). The topological polar surface area (TPSA) is 85.8 Å². The number of hydrogen-bond donors (Lipinski definition) is 1. The molecule has 2 heterocycles. The third kappa shape index (κ3) is 2.35. The Balaban J connectivity index is 2.58. The van der Waals surface area contributed by atoms with Crippen LogP contribution in [-0.4, -0.2) is 35.9 Å². The van der Waals surface area contributed by atoms with E-state index in [1.807, 2.05) is 27.1 Å². The molecule has 2 aromatic heterocycles. The van der Waals surface area contributed by atoms with Crippen molar-refractivity contribution in [2.75, 3.05) is 0 Å². The van der Waals surface area contributed by atoms with Crippen molar-refractivity contribution < 1.29 is 9.90 Å². The third-order valence-corrected chi connectivity index (χ3v) is 2.90. The lowest BCUT2D eigenvalue weighted by Gasteiger charge is -2.04. The number of carboxylic acid groups (broad SMARTS) is 1. The minimum absolute atomic E-state index is 0.0211. The molecule has 1 N–H and O–H groups in total. The van der Waals surface area contributed by atoms with Crippen molar-refractivity contribution in [2.24, 2.45) is 7.05 Å². The average molecular weight is 263 g/mol. The Hall–Kier alpha value is -2.18. The van der Waals surface area contributed by atoms with Crippen molar-refractivity contribution in [3.63, 3.8) is 0 Å². The maximum Gasteiger partial charge on any atom is 0.358 e. The van der Waals surface area contributed by atoms with Crippen LogP contribution in [-0.2, 0) is 19.9 Å². The van der Waals surface area contributed by atoms with Gasteiger partial charge in [-0.05, 0) is 12.8 Å². The van der Waals surface area contributed by atoms with E-state index in [0.717, 1.165) is 24.2 Å². The number of aromatic nitrogens is 5. The van der Waals surface area contributed by atoms with Gasteiger partial charge in [-0.3, -0.25) is 4.68 Å². The highest BCUT2D eigenvalue weighted by Gasteiger charge is 2.21. The quantitative estimate of drug-likeness (QED) is 0.876. The lowest BCUT2D eigenvalue weighted by atomic mass is 10.2. The van der Waals surface area contributed by atoms with Gasteiger partial charge < -0.3 is 5.11 Å². The molecule has 0 atom stereocenters. The summed E-state index contributed by atoms with van der Waals surface area (Å²) in [6, 6.07) is 0. The summed E-state index contributed by atoms with van der Waals surface area (Å²) in [4.78, 5) is 11.2. The molecule has 0 aliphatic rings. The fourth-order valence-corrected chi connectivity index (χ4v) is 2.07. The molecule has 0 aromatic carbocycles. The van der Waals surface area contributed by atoms with Crippen LogP contribution in [0.4, 0.5) is 0 Å². The van der Waals surface area contributed by atoms with Gasteiger partial charge in [0.2, 0.25) is 0 Å². The molecule has 7 heteroatoms. The van der Waals surface area contributed by atoms with Crippen molar-refractivity contribution in [1.29, 1.82) is 0 Å². The standard InChI is InChI=1S/C12H17N5O2/c1-4-6-9-11(12(18)19)13-15-17(9)10-7-16(3)14-8(10)5-2/h7H,4-6H2,1-3H3,(H,18,19). The maximum absolute atomic E-state index is 11.2. The normalized spacial score (nSPS) is 10.9. The van der Waals surface area contributed by atoms with Crippen LogP contribution in [0.25, 0.3) is 5.69 Å². The molecule has 0 amide bonds. The number of rotatable bonds is 5. The summed E-state index contributed by atoms with van der Waals surface area (Å²) in [5, 5.41) is 21.2. The van der Waals surface area contributed by atoms with Gasteiger partial charge in [0, 0.05) is 7.05 Å². The fourth-order valence-electron chi connectivity index (χ4n) is 2.07. The van der Waals surface area contributed by atoms with Crippen LogP contribution in [0.1, 0.15) is 42.1 Å². The van der Waals surface area contributed by atoms with E-state index in [1.54, 1.807) is 9.36 Å². The maximum atomic E-state index is 11.2. The summed E-state index contributed by atoms with van der Waals surface area (Å²) in [7, 11) is 1.83. The summed E-state index contributed by atoms with van der Waals surface area (Å²) in [5.74, 6) is -1.04. The molecule has 2 aromatic rings. The predicted octanol–water partition coefficient (Wildman–Crippen LogP) is 1.21. The van der Waals surface area contributed by atoms with Gasteiger partial charge in [-0.15, -0.1) is 5.10 Å². The van der Waals surface area contributed by atoms with E-state index < -0.39 is 5.97 Å². The molecule has 0 radical (unpaired) electrons. The van der Waals surface area contributed by atoms with E-state index >= 15 is 0 Å². The van der Waals surface area contributed by atoms with E-state index in [9.17, 15) is 4.79 Å². The first-order valence-corrected chi connectivity index (χ1v) is 6.29. The van der Waals surface area contributed by atoms with Crippen LogP contribution in [0.2, 0.25) is 0 Å². The zero-order valence-corrected chi connectivity index (χ0v) is 11.3. The largest absolute Gasteiger partial charge is 0.476 e. The van der Waals surface area contributed by atoms with E-state index in [2.05, 4.69) is 15.4 Å². The van der Waals surface area contributed by atoms with E-state index in [1.165, 1.54) is 0 Å². The van der Waals surface area contributed by atoms with Crippen LogP contribution in [0.5, 0.6) is 0 Å². The number of carbonyl (C=O) groups is 1. The minimum Gasteiger partial charge on any atom is -0.476 e. The van der Waals surface area contributed by atoms with Gasteiger partial charge >= 0.3 is 5.97 Å². The molecule has 0 saturated heterocycles. The van der Waals surface area contributed by atoms with Crippen LogP contribution in [0.3, 0.4) is 0 Å². The van der Waals surface area contributed by atoms with Gasteiger partial charge in [0.25, 0.3) is 0 Å². The highest BCUT2D eigenvalue weighted by atomic mass is 16.4. The molecule has 0 spiro atoms. The molecule has 102 valence electrons. The highest BCUT2D eigenvalue weighted by molar-refractivity contribution is 5.86. The number of carboxylic acids is 1. The Bertz CT molecular complexity index is 599. The van der Waals surface area contributed by atoms with Crippen molar-refractivity contribution in [3.8, 4) is 5.69 Å². The Morgan fingerprint density at radius 3 is 2.74 bits per heavy atom. The Kier molecular flexibility index (Phi) is 3.64. The van der Waals surface area contributed by atoms with Crippen LogP contribution in [0, 0.1) is 0 Å². The molecule has 0 unspecified atom stereocenters. The second kappa shape index (κ2) is 5.21. The summed E-state index contributed by atoms with van der Waals surface area (Å²) in [6.07, 6.45) is 4.03. The number of aromatic carboxylic acids is 1. The zero-order valence-electron chi connectivity index (χ0n) is 11.3. The summed E-state index contributed by atoms with van der Waals surface area (Å²) in [6.45, 7) is 3.99. The Labute approximate surface area is 110 Å². The Morgan fingerprint density at radius 1 is 1.42 bits per heavy atom. The predicted molar refractivity (Wildman–Crippen MR) is 68.5 cm³/mol. The van der Waals surface area contributed by atoms with Crippen molar-refractivity contribution in [3.05, 3.63) is 23.3 Å². The molecule has 19 heavy (non-hydrogen) atoms. The van der Waals surface area contributed by atoms with E-state index in [4.69, 9.17) is 5.11 Å². The van der Waals surface area contributed by atoms with Gasteiger partial charge in [0.05, 0.1) is 17.6 Å². The highest BCUT2D eigenvalue weighted by Crippen LogP contribution is 2.18. The summed E-state index contributed by atoms with van der Waals surface area (Å²) < 4.78 is 3.30. The van der Waals surface area contributed by atoms with Gasteiger partial charge in [-0.25, -0.2) is 9.48 Å².